The number of benzene rings is 2. The number of halogens is 5. The minimum absolute atomic E-state index is 0.0159. The van der Waals surface area contributed by atoms with E-state index in [1.165, 1.54) is 18.2 Å². The predicted octanol–water partition coefficient (Wildman–Crippen LogP) is 6.49. The van der Waals surface area contributed by atoms with Crippen molar-refractivity contribution in [3.05, 3.63) is 73.5 Å². The Bertz CT molecular complexity index is 1610. The molecule has 1 aromatic heterocycles. The lowest BCUT2D eigenvalue weighted by atomic mass is 9.96. The van der Waals surface area contributed by atoms with Crippen LogP contribution in [0.2, 0.25) is 10.0 Å². The summed E-state index contributed by atoms with van der Waals surface area (Å²) in [7, 11) is 0. The Labute approximate surface area is 231 Å². The van der Waals surface area contributed by atoms with Crippen molar-refractivity contribution in [3.8, 4) is 46.0 Å². The van der Waals surface area contributed by atoms with Crippen molar-refractivity contribution in [1.82, 2.24) is 10.3 Å². The maximum atomic E-state index is 13.3. The number of rotatable bonds is 3. The number of nitrogens with zero attached hydrogens (tertiary/aromatic N) is 1. The first-order chi connectivity index (χ1) is 18.1. The Morgan fingerprint density at radius 3 is 2.41 bits per heavy atom. The first-order valence-corrected chi connectivity index (χ1v) is 11.9. The molecule has 0 atom stereocenters. The molecule has 0 saturated heterocycles. The topological polar surface area (TPSA) is 115 Å². The van der Waals surface area contributed by atoms with Crippen LogP contribution in [0.5, 0.6) is 5.75 Å². The average Bonchev–Trinajstić information content (AvgIpc) is 2.81. The van der Waals surface area contributed by atoms with E-state index in [1.54, 1.807) is 26.8 Å². The number of aromatic nitrogens is 1. The highest BCUT2D eigenvalue weighted by molar-refractivity contribution is 6.33. The van der Waals surface area contributed by atoms with E-state index in [4.69, 9.17) is 27.9 Å². The van der Waals surface area contributed by atoms with Crippen LogP contribution in [-0.2, 0) is 10.9 Å². The summed E-state index contributed by atoms with van der Waals surface area (Å²) < 4.78 is 45.1. The van der Waals surface area contributed by atoms with Gasteiger partial charge in [-0.3, -0.25) is 4.79 Å². The van der Waals surface area contributed by atoms with E-state index in [0.717, 1.165) is 18.2 Å². The van der Waals surface area contributed by atoms with Crippen LogP contribution in [0.4, 0.5) is 18.0 Å². The molecule has 0 aliphatic rings. The molecule has 12 heteroatoms. The molecule has 1 amide bonds. The first kappa shape index (κ1) is 29.4. The number of carbonyl (C=O) groups is 1. The van der Waals surface area contributed by atoms with Gasteiger partial charge in [0.25, 0.3) is 5.56 Å². The first-order valence-electron chi connectivity index (χ1n) is 11.1. The largest absolute Gasteiger partial charge is 0.506 e. The van der Waals surface area contributed by atoms with Crippen LogP contribution in [0, 0.1) is 23.2 Å². The third kappa shape index (κ3) is 7.26. The Kier molecular flexibility index (Phi) is 8.54. The molecule has 3 N–H and O–H groups in total. The minimum atomic E-state index is -4.70. The predicted molar refractivity (Wildman–Crippen MR) is 140 cm³/mol. The Hall–Kier alpha value is -4.12. The second-order valence-corrected chi connectivity index (χ2v) is 9.96. The molecule has 39 heavy (non-hydrogen) atoms. The number of alkyl carbamates (subject to hydrolysis) is 1. The van der Waals surface area contributed by atoms with Crippen molar-refractivity contribution < 1.29 is 27.8 Å². The van der Waals surface area contributed by atoms with Gasteiger partial charge in [-0.05, 0) is 57.2 Å². The molecule has 0 fully saturated rings. The maximum absolute atomic E-state index is 13.3. The zero-order valence-corrected chi connectivity index (χ0v) is 22.2. The molecule has 0 bridgehead atoms. The van der Waals surface area contributed by atoms with Crippen LogP contribution in [-0.4, -0.2) is 28.3 Å². The monoisotopic (exact) mass is 577 g/mol. The molecule has 0 saturated carbocycles. The number of alkyl halides is 3. The fourth-order valence-corrected chi connectivity index (χ4v) is 3.84. The zero-order valence-electron chi connectivity index (χ0n) is 20.7. The van der Waals surface area contributed by atoms with E-state index in [2.05, 4.69) is 22.1 Å². The lowest BCUT2D eigenvalue weighted by Gasteiger charge is -2.19. The molecule has 0 spiro atoms. The normalized spacial score (nSPS) is 11.3. The van der Waals surface area contributed by atoms with Gasteiger partial charge >= 0.3 is 12.3 Å². The number of nitriles is 1. The molecule has 3 rings (SSSR count). The number of aromatic amines is 1. The Morgan fingerprint density at radius 2 is 1.79 bits per heavy atom. The van der Waals surface area contributed by atoms with Crippen molar-refractivity contribution in [2.75, 3.05) is 6.54 Å². The third-order valence-electron chi connectivity index (χ3n) is 5.04. The number of hydrogen-bond donors (Lipinski definition) is 3. The van der Waals surface area contributed by atoms with E-state index in [1.807, 2.05) is 0 Å². The molecule has 3 aromatic rings. The fourth-order valence-electron chi connectivity index (χ4n) is 3.41. The molecule has 202 valence electrons. The highest BCUT2D eigenvalue weighted by Gasteiger charge is 2.31. The van der Waals surface area contributed by atoms with E-state index in [9.17, 15) is 33.1 Å². The van der Waals surface area contributed by atoms with Gasteiger partial charge in [-0.25, -0.2) is 4.79 Å². The second kappa shape index (κ2) is 11.3. The summed E-state index contributed by atoms with van der Waals surface area (Å²) in [6.07, 6.45) is -5.39. The summed E-state index contributed by atoms with van der Waals surface area (Å²) >= 11 is 12.4. The summed E-state index contributed by atoms with van der Waals surface area (Å²) in [5, 5.41) is 22.8. The molecular formula is C27H20Cl2F3N3O4. The van der Waals surface area contributed by atoms with Gasteiger partial charge in [0.2, 0.25) is 0 Å². The van der Waals surface area contributed by atoms with Crippen molar-refractivity contribution in [2.24, 2.45) is 0 Å². The fraction of sp³-hybridized carbons (Fsp3) is 0.222. The van der Waals surface area contributed by atoms with Crippen LogP contribution >= 0.6 is 23.2 Å². The van der Waals surface area contributed by atoms with Crippen LogP contribution in [0.3, 0.4) is 0 Å². The van der Waals surface area contributed by atoms with Crippen LogP contribution in [0.15, 0.2) is 41.2 Å². The van der Waals surface area contributed by atoms with E-state index >= 15 is 0 Å². The molecule has 2 aromatic carbocycles. The van der Waals surface area contributed by atoms with E-state index in [-0.39, 0.29) is 44.5 Å². The smallest absolute Gasteiger partial charge is 0.416 e. The van der Waals surface area contributed by atoms with Crippen molar-refractivity contribution in [1.29, 1.82) is 5.26 Å². The third-order valence-corrected chi connectivity index (χ3v) is 5.58. The number of hydrogen-bond acceptors (Lipinski definition) is 5. The van der Waals surface area contributed by atoms with Gasteiger partial charge in [-0.15, -0.1) is 0 Å². The highest BCUT2D eigenvalue weighted by Crippen LogP contribution is 2.39. The lowest BCUT2D eigenvalue weighted by Crippen LogP contribution is -2.32. The number of nitrogens with one attached hydrogen (secondary N) is 2. The van der Waals surface area contributed by atoms with Gasteiger partial charge in [0.05, 0.1) is 23.4 Å². The van der Waals surface area contributed by atoms with Gasteiger partial charge in [-0.1, -0.05) is 35.0 Å². The van der Waals surface area contributed by atoms with E-state index < -0.39 is 40.3 Å². The summed E-state index contributed by atoms with van der Waals surface area (Å²) in [4.78, 5) is 26.9. The van der Waals surface area contributed by atoms with E-state index in [0.29, 0.717) is 0 Å². The van der Waals surface area contributed by atoms with Crippen LogP contribution in [0.25, 0.3) is 22.4 Å². The molecular weight excluding hydrogens is 558 g/mol. The number of carbonyl (C=O) groups excluding carboxylic acids is 1. The molecule has 0 radical (unpaired) electrons. The molecule has 0 aliphatic carbocycles. The van der Waals surface area contributed by atoms with Crippen molar-refractivity contribution in [3.63, 3.8) is 0 Å². The second-order valence-electron chi connectivity index (χ2n) is 9.11. The van der Waals surface area contributed by atoms with Crippen molar-refractivity contribution >= 4 is 29.3 Å². The minimum Gasteiger partial charge on any atom is -0.506 e. The average molecular weight is 578 g/mol. The van der Waals surface area contributed by atoms with Crippen LogP contribution in [0.1, 0.15) is 37.5 Å². The molecule has 0 unspecified atom stereocenters. The molecule has 7 nitrogen and oxygen atoms in total. The summed E-state index contributed by atoms with van der Waals surface area (Å²) in [5.74, 6) is 4.88. The molecule has 1 heterocycles. The van der Waals surface area contributed by atoms with Gasteiger partial charge in [0.1, 0.15) is 23.0 Å². The van der Waals surface area contributed by atoms with Gasteiger partial charge in [0, 0.05) is 26.7 Å². The quantitative estimate of drug-likeness (QED) is 0.308. The maximum Gasteiger partial charge on any atom is 0.416 e. The number of aromatic hydroxyl groups is 1. The highest BCUT2D eigenvalue weighted by atomic mass is 35.5. The lowest BCUT2D eigenvalue weighted by molar-refractivity contribution is -0.137. The molecule has 0 aliphatic heterocycles. The Balaban J connectivity index is 2.08. The van der Waals surface area contributed by atoms with Crippen molar-refractivity contribution in [2.45, 2.75) is 32.5 Å². The summed E-state index contributed by atoms with van der Waals surface area (Å²) in [6, 6.07) is 8.06. The van der Waals surface area contributed by atoms with Gasteiger partial charge in [-0.2, -0.15) is 18.4 Å². The standard InChI is InChI=1S/C27H20Cl2F3N3O4/c1-26(2,3)39-25(38)34-8-4-5-14-9-16(28)11-19(23(14)36)22-12-17(20(13-33)24(37)35-22)18-10-15(27(30,31)32)6-7-21(18)29/h6-7,9-12,36H,8H2,1-3H3,(H,34,38)(H,35,37). The summed E-state index contributed by atoms with van der Waals surface area (Å²) in [5.41, 5.74) is -3.56. The Morgan fingerprint density at radius 1 is 1.10 bits per heavy atom. The number of H-pyrrole nitrogens is 1. The van der Waals surface area contributed by atoms with Gasteiger partial charge < -0.3 is 20.1 Å². The zero-order chi connectivity index (χ0) is 29.1. The number of ether oxygens (including phenoxy) is 1. The van der Waals surface area contributed by atoms with Crippen LogP contribution < -0.4 is 10.9 Å². The summed E-state index contributed by atoms with van der Waals surface area (Å²) in [6.45, 7) is 4.97. The SMILES string of the molecule is CC(C)(C)OC(=O)NCC#Cc1cc(Cl)cc(-c2cc(-c3cc(C(F)(F)F)ccc3Cl)c(C#N)c(=O)[nH]2)c1O. The number of pyridine rings is 1. The van der Waals surface area contributed by atoms with Gasteiger partial charge in [0.15, 0.2) is 0 Å². The number of phenolic OH excluding ortho intramolecular Hbond substituents is 1. The number of amides is 1. The number of phenols is 1.